The largest absolute Gasteiger partial charge is 0.462 e. The van der Waals surface area contributed by atoms with Crippen molar-refractivity contribution < 1.29 is 143 Å². The molecule has 2 bridgehead atoms. The summed E-state index contributed by atoms with van der Waals surface area (Å²) in [7, 11) is 0. The predicted molar refractivity (Wildman–Crippen MR) is 295 cm³/mol. The first-order valence-electron chi connectivity index (χ1n) is 31.7. The first-order valence-corrected chi connectivity index (χ1v) is 31.7. The second kappa shape index (κ2) is 24.8. The highest BCUT2D eigenvalue weighted by Crippen LogP contribution is 2.81. The highest BCUT2D eigenvalue weighted by atomic mass is 16.8. The van der Waals surface area contributed by atoms with Crippen molar-refractivity contribution in [1.82, 2.24) is 0 Å². The lowest BCUT2D eigenvalue weighted by molar-refractivity contribution is -0.402. The van der Waals surface area contributed by atoms with Crippen molar-refractivity contribution in [2.24, 2.45) is 50.2 Å². The number of carbonyl (C=O) groups excluding carboxylic acids is 1. The van der Waals surface area contributed by atoms with E-state index in [-0.39, 0.29) is 28.6 Å². The van der Waals surface area contributed by atoms with Crippen molar-refractivity contribution in [2.75, 3.05) is 33.0 Å². The summed E-state index contributed by atoms with van der Waals surface area (Å²) >= 11 is 0. The average Bonchev–Trinajstić information content (AvgIpc) is 1.56. The molecule has 1 spiro atoms. The van der Waals surface area contributed by atoms with Crippen molar-refractivity contribution in [3.8, 4) is 0 Å². The Morgan fingerprint density at radius 3 is 1.64 bits per heavy atom. The minimum atomic E-state index is -2.06. The molecule has 0 aromatic rings. The third-order valence-electron chi connectivity index (χ3n) is 24.3. The SMILES string of the molecule is CC(=O)O[C@H]1CC(C)(C)C[C@@H]2[C@@]13[C@H](O)C[C@]1(C)[C@@]2(CC[C@@H]2[C@@]4(C)CC[C@H](O[C@@H]5OC[C@H](O[C@@H]6O[C@H](CO)[C@@H](O[C@@H]7O[C@H](CO)[C@@H](O)[C@H](O)[C@H]7O)[C@H](O)[C@H]6O[C@@H]6OC[C@@H](O)[C@H](O)[C@H]6O)[C@H](O)[C@H]5O[C@@H]5O[C@H](CO)[C@@H](O)[C@H](O)[C@H]5O)C(C)(C)[C@@H]4CC[C@]21C)O[C@@H]3O. The topological polar surface area (TPSA) is 452 Å². The Bertz CT molecular complexity index is 2480. The van der Waals surface area contributed by atoms with Gasteiger partial charge in [-0.3, -0.25) is 4.79 Å². The Morgan fingerprint density at radius 1 is 0.483 bits per heavy atom. The van der Waals surface area contributed by atoms with Gasteiger partial charge in [-0.25, -0.2) is 0 Å². The molecule has 11 aliphatic rings. The average molecular weight is 1280 g/mol. The molecule has 6 aliphatic heterocycles. The minimum Gasteiger partial charge on any atom is -0.462 e. The van der Waals surface area contributed by atoms with E-state index in [0.29, 0.717) is 38.5 Å². The maximum absolute atomic E-state index is 12.7. The van der Waals surface area contributed by atoms with Gasteiger partial charge >= 0.3 is 5.97 Å². The third kappa shape index (κ3) is 10.8. The van der Waals surface area contributed by atoms with E-state index in [1.165, 1.54) is 6.92 Å². The first-order chi connectivity index (χ1) is 41.7. The molecule has 11 fully saturated rings. The Balaban J connectivity index is 0.858. The quantitative estimate of drug-likeness (QED) is 0.0577. The number of hydrogen-bond donors (Lipinski definition) is 16. The number of aliphatic hydroxyl groups is 16. The first kappa shape index (κ1) is 68.8. The second-order valence-corrected chi connectivity index (χ2v) is 29.8. The fourth-order valence-electron chi connectivity index (χ4n) is 19.5. The lowest BCUT2D eigenvalue weighted by Gasteiger charge is -2.75. The van der Waals surface area contributed by atoms with Crippen LogP contribution in [0.15, 0.2) is 0 Å². The van der Waals surface area contributed by atoms with Gasteiger partial charge in [0.25, 0.3) is 0 Å². The van der Waals surface area contributed by atoms with E-state index in [4.69, 9.17) is 56.8 Å². The molecule has 5 aliphatic carbocycles. The van der Waals surface area contributed by atoms with Crippen molar-refractivity contribution >= 4 is 5.97 Å². The maximum Gasteiger partial charge on any atom is 0.302 e. The molecule has 0 radical (unpaired) electrons. The summed E-state index contributed by atoms with van der Waals surface area (Å²) in [6.45, 7) is 13.0. The molecule has 89 heavy (non-hydrogen) atoms. The molecule has 29 nitrogen and oxygen atoms in total. The molecule has 512 valence electrons. The van der Waals surface area contributed by atoms with Crippen molar-refractivity contribution in [3.05, 3.63) is 0 Å². The van der Waals surface area contributed by atoms with Crippen LogP contribution in [0.5, 0.6) is 0 Å². The molecule has 6 saturated heterocycles. The summed E-state index contributed by atoms with van der Waals surface area (Å²) in [5.41, 5.74) is -4.37. The molecule has 5 saturated carbocycles. The Kier molecular flexibility index (Phi) is 19.2. The van der Waals surface area contributed by atoms with Crippen LogP contribution in [0.2, 0.25) is 0 Å². The zero-order chi connectivity index (χ0) is 64.8. The molecule has 0 amide bonds. The van der Waals surface area contributed by atoms with Gasteiger partial charge in [-0.15, -0.1) is 0 Å². The highest BCUT2D eigenvalue weighted by molar-refractivity contribution is 5.66. The summed E-state index contributed by atoms with van der Waals surface area (Å²) in [5, 5.41) is 177. The molecule has 11 rings (SSSR count). The van der Waals surface area contributed by atoms with Crippen molar-refractivity contribution in [2.45, 2.75) is 285 Å². The Morgan fingerprint density at radius 2 is 1.03 bits per heavy atom. The van der Waals surface area contributed by atoms with E-state index in [1.54, 1.807) is 0 Å². The second-order valence-electron chi connectivity index (χ2n) is 29.8. The standard InChI is InChI=1S/C60H98O29/c1-23(64)80-34-17-54(2,3)15-31-59-14-10-30-56(6)12-11-33(55(4,5)29(56)9-13-57(30,7)58(59,8)16-32(66)60(31,34)53(77)89-59)85-51-46(88-50-43(75)40(72)37(69)26(19-62)82-50)38(70)28(22-79-51)84-52-47(87-48-41(73)35(67)24(65)21-78-48)44(76)45(27(20-63)83-52)86-49-42(74)39(71)36(68)25(18-61)81-49/h24-53,61-63,65-77H,9-22H2,1-8H3/t24-,25-,26-,27-,28+,29+,30-,31+,32-,33+,34+,35+,36-,37-,38+,39+,40+,41-,42-,43-,44+,45-,46-,47-,48+,49+,50+,51+,52+,53+,56+,57-,58+,59+,60-/m1/s1. The summed E-state index contributed by atoms with van der Waals surface area (Å²) in [4.78, 5) is 12.7. The normalized spacial score (nSPS) is 56.1. The van der Waals surface area contributed by atoms with E-state index >= 15 is 0 Å². The van der Waals surface area contributed by atoms with Gasteiger partial charge in [0, 0.05) is 18.3 Å². The van der Waals surface area contributed by atoms with Gasteiger partial charge in [0.1, 0.15) is 116 Å². The van der Waals surface area contributed by atoms with Gasteiger partial charge in [-0.1, -0.05) is 48.5 Å². The lowest BCUT2D eigenvalue weighted by Crippen LogP contribution is -2.75. The smallest absolute Gasteiger partial charge is 0.302 e. The third-order valence-corrected chi connectivity index (χ3v) is 24.3. The monoisotopic (exact) mass is 1280 g/mol. The summed E-state index contributed by atoms with van der Waals surface area (Å²) in [5.74, 6) is -0.696. The molecule has 0 unspecified atom stereocenters. The molecule has 35 atom stereocenters. The summed E-state index contributed by atoms with van der Waals surface area (Å²) in [6, 6.07) is 0. The zero-order valence-corrected chi connectivity index (χ0v) is 51.7. The van der Waals surface area contributed by atoms with Gasteiger partial charge < -0.3 is 139 Å². The molecule has 16 N–H and O–H groups in total. The number of aliphatic hydroxyl groups excluding tert-OH is 16. The van der Waals surface area contributed by atoms with Gasteiger partial charge in [0.05, 0.1) is 56.3 Å². The number of hydrogen-bond acceptors (Lipinski definition) is 29. The number of carbonyl (C=O) groups is 1. The summed E-state index contributed by atoms with van der Waals surface area (Å²) < 4.78 is 74.2. The lowest BCUT2D eigenvalue weighted by atomic mass is 9.30. The van der Waals surface area contributed by atoms with E-state index < -0.39 is 232 Å². The molecule has 29 heteroatoms. The molecule has 0 aromatic heterocycles. The van der Waals surface area contributed by atoms with Crippen LogP contribution in [-0.2, 0) is 61.6 Å². The van der Waals surface area contributed by atoms with Gasteiger partial charge in [0.2, 0.25) is 0 Å². The minimum absolute atomic E-state index is 0.000582. The zero-order valence-electron chi connectivity index (χ0n) is 51.7. The van der Waals surface area contributed by atoms with Crippen molar-refractivity contribution in [3.63, 3.8) is 0 Å². The van der Waals surface area contributed by atoms with Crippen LogP contribution in [0.4, 0.5) is 0 Å². The summed E-state index contributed by atoms with van der Waals surface area (Å²) in [6.07, 6.45) is -39.7. The predicted octanol–water partition coefficient (Wildman–Crippen LogP) is -4.39. The highest BCUT2D eigenvalue weighted by Gasteiger charge is 2.84. The fraction of sp³-hybridized carbons (Fsp3) is 0.983. The van der Waals surface area contributed by atoms with Crippen molar-refractivity contribution in [1.29, 1.82) is 0 Å². The Labute approximate surface area is 515 Å². The van der Waals surface area contributed by atoms with Crippen LogP contribution >= 0.6 is 0 Å². The van der Waals surface area contributed by atoms with Crippen LogP contribution in [0.25, 0.3) is 0 Å². The van der Waals surface area contributed by atoms with Crippen LogP contribution in [0, 0.1) is 50.2 Å². The van der Waals surface area contributed by atoms with Gasteiger partial charge in [-0.05, 0) is 91.3 Å². The van der Waals surface area contributed by atoms with Crippen LogP contribution in [-0.4, -0.2) is 292 Å². The van der Waals surface area contributed by atoms with Crippen LogP contribution in [0.1, 0.15) is 113 Å². The molecule has 0 aromatic carbocycles. The van der Waals surface area contributed by atoms with Gasteiger partial charge in [-0.2, -0.15) is 0 Å². The number of esters is 1. The molecular weight excluding hydrogens is 1180 g/mol. The van der Waals surface area contributed by atoms with E-state index in [2.05, 4.69) is 48.5 Å². The molecular formula is C60H98O29. The Hall–Kier alpha value is -1.61. The maximum atomic E-state index is 12.7. The molecule has 6 heterocycles. The van der Waals surface area contributed by atoms with Gasteiger partial charge in [0.15, 0.2) is 37.7 Å². The number of fused-ring (bicyclic) bond motifs is 4. The van der Waals surface area contributed by atoms with E-state index in [9.17, 15) is 86.5 Å². The number of ether oxygens (including phenoxy) is 12. The number of rotatable bonds is 14. The van der Waals surface area contributed by atoms with Crippen LogP contribution < -0.4 is 0 Å². The van der Waals surface area contributed by atoms with Crippen LogP contribution in [0.3, 0.4) is 0 Å². The fourth-order valence-corrected chi connectivity index (χ4v) is 19.5. The van der Waals surface area contributed by atoms with E-state index in [0.717, 1.165) is 19.3 Å². The van der Waals surface area contributed by atoms with E-state index in [1.807, 2.05) is 0 Å².